The summed E-state index contributed by atoms with van der Waals surface area (Å²) < 4.78 is 0. The summed E-state index contributed by atoms with van der Waals surface area (Å²) in [6.07, 6.45) is 7.90. The quantitative estimate of drug-likeness (QED) is 0.0632. The minimum Gasteiger partial charge on any atom is -0.382 e. The molecule has 12 aromatic rings. The molecule has 492 valence electrons. The number of nitrogen functional groups attached to an aromatic ring is 3. The minimum atomic E-state index is 0.0506. The Labute approximate surface area is 560 Å². The van der Waals surface area contributed by atoms with Gasteiger partial charge in [-0.25, -0.2) is 44.9 Å². The van der Waals surface area contributed by atoms with E-state index >= 15 is 0 Å². The molecule has 6 aromatic heterocycles. The molecule has 6 aromatic carbocycles. The molecule has 9 heterocycles. The largest absolute Gasteiger partial charge is 0.382 e. The Morgan fingerprint density at radius 2 is 0.732 bits per heavy atom. The van der Waals surface area contributed by atoms with Crippen molar-refractivity contribution in [3.05, 3.63) is 179 Å². The molecule has 3 aliphatic rings. The third kappa shape index (κ3) is 14.5. The summed E-state index contributed by atoms with van der Waals surface area (Å²) in [5.74, 6) is 2.86. The number of aromatic amines is 3. The second kappa shape index (κ2) is 28.3. The number of aryl methyl sites for hydroxylation is 3. The van der Waals surface area contributed by atoms with Gasteiger partial charge in [0.2, 0.25) is 0 Å². The van der Waals surface area contributed by atoms with E-state index in [1.807, 2.05) is 163 Å². The van der Waals surface area contributed by atoms with Crippen molar-refractivity contribution in [1.82, 2.24) is 90.0 Å². The van der Waals surface area contributed by atoms with Crippen molar-refractivity contribution in [1.29, 1.82) is 0 Å². The molecule has 15 rings (SSSR count). The van der Waals surface area contributed by atoms with E-state index in [1.54, 1.807) is 18.6 Å². The fourth-order valence-electron chi connectivity index (χ4n) is 12.2. The number of hydrogen-bond donors (Lipinski definition) is 8. The first kappa shape index (κ1) is 64.4. The molecule has 0 aliphatic carbocycles. The molecule has 0 radical (unpaired) electrons. The highest BCUT2D eigenvalue weighted by Crippen LogP contribution is 2.31. The molecule has 3 amide bonds. The van der Waals surface area contributed by atoms with Gasteiger partial charge in [-0.2, -0.15) is 0 Å². The number of anilines is 3. The summed E-state index contributed by atoms with van der Waals surface area (Å²) in [7, 11) is 4.20. The van der Waals surface area contributed by atoms with Crippen molar-refractivity contribution in [2.24, 2.45) is 0 Å². The Kier molecular flexibility index (Phi) is 18.8. The second-order valence-electron chi connectivity index (χ2n) is 24.9. The van der Waals surface area contributed by atoms with Crippen LogP contribution in [0.3, 0.4) is 0 Å². The molecule has 97 heavy (non-hydrogen) atoms. The van der Waals surface area contributed by atoms with Crippen molar-refractivity contribution in [3.8, 4) is 68.3 Å². The number of imidazole rings is 3. The number of fused-ring (bicyclic) bond motifs is 3. The third-order valence-corrected chi connectivity index (χ3v) is 17.8. The molecule has 3 fully saturated rings. The standard InChI is InChI=1S/C26H29N7O.C24H25N7O.C23H23N7O/c1-16-4-9-20-21(14-16)31-25(30-20)23-24(27)28-15-22(29-23)17-5-7-18(8-6-17)26(34)33-12-10-19(11-13-33)32(2)3;1-15-3-8-18-19(13-15)30-23(29-18)21-22(25)27-14-20(28-21)16-4-6-17(7-5-16)24(32)31-11-2-9-26-10-12-31;1-14-2-7-17-18(12-14)29-22(28-17)20-21(24)26-13-19(27-20)15-3-5-16(6-4-15)23(31)30-10-8-25-9-11-30/h4-9,14-15,19H,10-13H2,1-3H3,(H2,27,28)(H,30,31);3-8,13-14,26H,2,9-12H2,1H3,(H2,25,27)(H,29,30);2-7,12-13,25H,8-11H2,1H3,(H2,24,26)(H,28,29). The Balaban J connectivity index is 0.000000131. The number of piperazine rings is 1. The van der Waals surface area contributed by atoms with Crippen LogP contribution < -0.4 is 27.8 Å². The average molecular weight is 1300 g/mol. The molecule has 0 unspecified atom stereocenters. The van der Waals surface area contributed by atoms with Gasteiger partial charge >= 0.3 is 0 Å². The summed E-state index contributed by atoms with van der Waals surface area (Å²) in [5.41, 5.74) is 35.3. The number of amides is 3. The summed E-state index contributed by atoms with van der Waals surface area (Å²) in [6, 6.07) is 41.1. The average Bonchev–Trinajstić information content (AvgIpc) is 1.72. The third-order valence-electron chi connectivity index (χ3n) is 17.8. The van der Waals surface area contributed by atoms with Gasteiger partial charge in [0.25, 0.3) is 17.7 Å². The van der Waals surface area contributed by atoms with Gasteiger partial charge in [0.15, 0.2) is 34.9 Å². The van der Waals surface area contributed by atoms with E-state index in [2.05, 4.69) is 74.5 Å². The van der Waals surface area contributed by atoms with Crippen LogP contribution >= 0.6 is 0 Å². The lowest BCUT2D eigenvalue weighted by molar-refractivity contribution is 0.0662. The molecule has 0 saturated carbocycles. The molecule has 0 atom stereocenters. The van der Waals surface area contributed by atoms with E-state index in [0.717, 1.165) is 151 Å². The number of likely N-dealkylation sites (tertiary alicyclic amines) is 1. The number of piperidine rings is 1. The van der Waals surface area contributed by atoms with E-state index in [9.17, 15) is 14.4 Å². The molecular formula is C73H77N21O3. The van der Waals surface area contributed by atoms with Gasteiger partial charge in [-0.15, -0.1) is 0 Å². The number of benzene rings is 6. The smallest absolute Gasteiger partial charge is 0.253 e. The van der Waals surface area contributed by atoms with E-state index in [1.165, 1.54) is 0 Å². The lowest BCUT2D eigenvalue weighted by Crippen LogP contribution is -2.46. The molecule has 0 spiro atoms. The van der Waals surface area contributed by atoms with Crippen molar-refractivity contribution in [2.75, 3.05) is 96.7 Å². The van der Waals surface area contributed by atoms with Crippen LogP contribution in [0.25, 0.3) is 101 Å². The number of carbonyl (C=O) groups excluding carboxylic acids is 3. The highest BCUT2D eigenvalue weighted by atomic mass is 16.2. The fraction of sp³-hybridized carbons (Fsp3) is 0.260. The maximum Gasteiger partial charge on any atom is 0.253 e. The summed E-state index contributed by atoms with van der Waals surface area (Å²) >= 11 is 0. The number of H-pyrrole nitrogens is 3. The SMILES string of the molecule is Cc1ccc2nc(-c3nc(-c4ccc(C(=O)N5CCC(N(C)C)CC5)cc4)cnc3N)[nH]c2c1.Cc1ccc2nc(-c3nc(-c4ccc(C(=O)N5CCCNCC5)cc4)cnc3N)[nH]c2c1.Cc1ccc2nc(-c3nc(-c4ccc(C(=O)N5CCNCC5)cc4)cnc3N)[nH]c2c1. The lowest BCUT2D eigenvalue weighted by Gasteiger charge is -2.35. The highest BCUT2D eigenvalue weighted by molar-refractivity contribution is 5.96. The van der Waals surface area contributed by atoms with E-state index < -0.39 is 0 Å². The topological polar surface area (TPSA) is 330 Å². The first-order chi connectivity index (χ1) is 47.0. The van der Waals surface area contributed by atoms with Crippen LogP contribution in [0, 0.1) is 20.8 Å². The molecular weight excluding hydrogens is 1220 g/mol. The predicted octanol–water partition coefficient (Wildman–Crippen LogP) is 9.38. The van der Waals surface area contributed by atoms with Crippen LogP contribution in [-0.4, -0.2) is 183 Å². The second-order valence-corrected chi connectivity index (χ2v) is 24.9. The number of hydrogen-bond acceptors (Lipinski definition) is 18. The number of nitrogens with two attached hydrogens (primary N) is 3. The van der Waals surface area contributed by atoms with Gasteiger partial charge in [0, 0.05) is 98.3 Å². The first-order valence-electron chi connectivity index (χ1n) is 32.6. The zero-order chi connectivity index (χ0) is 67.3. The van der Waals surface area contributed by atoms with Crippen molar-refractivity contribution >= 4 is 68.3 Å². The monoisotopic (exact) mass is 1300 g/mol. The van der Waals surface area contributed by atoms with Crippen LogP contribution in [-0.2, 0) is 0 Å². The van der Waals surface area contributed by atoms with Gasteiger partial charge in [0.05, 0.1) is 68.8 Å². The van der Waals surface area contributed by atoms with Gasteiger partial charge in [-0.3, -0.25) is 14.4 Å². The molecule has 0 bridgehead atoms. The number of nitrogens with one attached hydrogen (secondary N) is 5. The van der Waals surface area contributed by atoms with Gasteiger partial charge in [-0.05, 0) is 150 Å². The Morgan fingerprint density at radius 3 is 1.07 bits per heavy atom. The zero-order valence-corrected chi connectivity index (χ0v) is 54.9. The molecule has 24 nitrogen and oxygen atoms in total. The van der Waals surface area contributed by atoms with Crippen LogP contribution in [0.4, 0.5) is 17.5 Å². The lowest BCUT2D eigenvalue weighted by atomic mass is 10.0. The molecule has 3 aliphatic heterocycles. The summed E-state index contributed by atoms with van der Waals surface area (Å²) in [5, 5.41) is 6.58. The van der Waals surface area contributed by atoms with Crippen LogP contribution in [0.2, 0.25) is 0 Å². The van der Waals surface area contributed by atoms with Crippen molar-refractivity contribution in [3.63, 3.8) is 0 Å². The number of aromatic nitrogens is 12. The van der Waals surface area contributed by atoms with Crippen LogP contribution in [0.15, 0.2) is 146 Å². The minimum absolute atomic E-state index is 0.0506. The number of carbonyl (C=O) groups is 3. The highest BCUT2D eigenvalue weighted by Gasteiger charge is 2.26. The Hall–Kier alpha value is -11.3. The maximum absolute atomic E-state index is 13.0. The van der Waals surface area contributed by atoms with Crippen LogP contribution in [0.1, 0.15) is 67.0 Å². The van der Waals surface area contributed by atoms with Gasteiger partial charge in [-0.1, -0.05) is 54.6 Å². The Bertz CT molecular complexity index is 4830. The first-order valence-corrected chi connectivity index (χ1v) is 32.6. The maximum atomic E-state index is 13.0. The summed E-state index contributed by atoms with van der Waals surface area (Å²) in [6.45, 7) is 14.1. The zero-order valence-electron chi connectivity index (χ0n) is 54.9. The Morgan fingerprint density at radius 1 is 0.412 bits per heavy atom. The molecule has 24 heteroatoms. The van der Waals surface area contributed by atoms with E-state index in [4.69, 9.17) is 32.2 Å². The van der Waals surface area contributed by atoms with Gasteiger partial charge in [0.1, 0.15) is 17.1 Å². The molecule has 11 N–H and O–H groups in total. The number of rotatable bonds is 10. The fourth-order valence-corrected chi connectivity index (χ4v) is 12.2. The van der Waals surface area contributed by atoms with Crippen molar-refractivity contribution in [2.45, 2.75) is 46.1 Å². The number of nitrogens with zero attached hydrogens (tertiary/aromatic N) is 13. The normalized spacial score (nSPS) is 14.5. The van der Waals surface area contributed by atoms with E-state index in [0.29, 0.717) is 91.8 Å². The van der Waals surface area contributed by atoms with Crippen molar-refractivity contribution < 1.29 is 14.4 Å². The predicted molar refractivity (Wildman–Crippen MR) is 380 cm³/mol. The molecule has 3 saturated heterocycles. The van der Waals surface area contributed by atoms with E-state index in [-0.39, 0.29) is 17.7 Å². The van der Waals surface area contributed by atoms with Crippen LogP contribution in [0.5, 0.6) is 0 Å². The van der Waals surface area contributed by atoms with Gasteiger partial charge < -0.3 is 62.4 Å². The summed E-state index contributed by atoms with van der Waals surface area (Å²) in [4.78, 5) is 97.4.